The molecule has 1 fully saturated rings. The highest BCUT2D eigenvalue weighted by atomic mass is 19.1. The highest BCUT2D eigenvalue weighted by molar-refractivity contribution is 5.40. The van der Waals surface area contributed by atoms with Gasteiger partial charge in [-0.15, -0.1) is 0 Å². The van der Waals surface area contributed by atoms with Crippen LogP contribution in [-0.2, 0) is 4.74 Å². The summed E-state index contributed by atoms with van der Waals surface area (Å²) in [7, 11) is 0. The van der Waals surface area contributed by atoms with Gasteiger partial charge in [-0.1, -0.05) is 6.07 Å². The minimum absolute atomic E-state index is 0.0723. The summed E-state index contributed by atoms with van der Waals surface area (Å²) in [6.07, 6.45) is 2.75. The Morgan fingerprint density at radius 1 is 1.44 bits per heavy atom. The van der Waals surface area contributed by atoms with Gasteiger partial charge in [0.1, 0.15) is 17.2 Å². The average molecular weight is 251 g/mol. The number of hydrogen-bond donors (Lipinski definition) is 1. The van der Waals surface area contributed by atoms with Gasteiger partial charge < -0.3 is 15.2 Å². The third-order valence-electron chi connectivity index (χ3n) is 3.90. The SMILES string of the molecule is CCOC1CC2(C1)C[C@H](N)c1ccc(F)cc1O2. The van der Waals surface area contributed by atoms with Crippen LogP contribution in [0.15, 0.2) is 18.2 Å². The van der Waals surface area contributed by atoms with Crippen LogP contribution >= 0.6 is 0 Å². The van der Waals surface area contributed by atoms with Gasteiger partial charge in [0.15, 0.2) is 0 Å². The summed E-state index contributed by atoms with van der Waals surface area (Å²) in [5.41, 5.74) is 6.83. The van der Waals surface area contributed by atoms with E-state index in [1.54, 1.807) is 6.07 Å². The van der Waals surface area contributed by atoms with Crippen molar-refractivity contribution >= 4 is 0 Å². The van der Waals surface area contributed by atoms with E-state index in [4.69, 9.17) is 15.2 Å². The molecule has 2 aliphatic rings. The Morgan fingerprint density at radius 2 is 2.22 bits per heavy atom. The molecule has 18 heavy (non-hydrogen) atoms. The van der Waals surface area contributed by atoms with Gasteiger partial charge in [0.2, 0.25) is 0 Å². The molecule has 1 atom stereocenters. The van der Waals surface area contributed by atoms with Crippen LogP contribution in [0.2, 0.25) is 0 Å². The van der Waals surface area contributed by atoms with Crippen molar-refractivity contribution in [2.75, 3.05) is 6.61 Å². The van der Waals surface area contributed by atoms with Crippen LogP contribution in [0, 0.1) is 5.82 Å². The van der Waals surface area contributed by atoms with Gasteiger partial charge in [-0.05, 0) is 13.0 Å². The predicted octanol–water partition coefficient (Wildman–Crippen LogP) is 2.55. The van der Waals surface area contributed by atoms with Crippen molar-refractivity contribution in [3.63, 3.8) is 0 Å². The van der Waals surface area contributed by atoms with Crippen molar-refractivity contribution in [3.8, 4) is 5.75 Å². The van der Waals surface area contributed by atoms with Crippen LogP contribution in [0.3, 0.4) is 0 Å². The maximum absolute atomic E-state index is 13.2. The van der Waals surface area contributed by atoms with Crippen molar-refractivity contribution in [3.05, 3.63) is 29.6 Å². The molecule has 3 nitrogen and oxygen atoms in total. The molecule has 1 aromatic carbocycles. The first-order valence-electron chi connectivity index (χ1n) is 6.47. The molecular formula is C14H18FNO2. The third kappa shape index (κ3) is 1.89. The monoisotopic (exact) mass is 251 g/mol. The van der Waals surface area contributed by atoms with E-state index in [2.05, 4.69) is 0 Å². The molecule has 3 rings (SSSR count). The molecular weight excluding hydrogens is 233 g/mol. The van der Waals surface area contributed by atoms with Crippen LogP contribution < -0.4 is 10.5 Å². The normalized spacial score (nSPS) is 33.7. The van der Waals surface area contributed by atoms with E-state index in [1.165, 1.54) is 12.1 Å². The molecule has 0 bridgehead atoms. The summed E-state index contributed by atoms with van der Waals surface area (Å²) in [5.74, 6) is 0.322. The number of halogens is 1. The topological polar surface area (TPSA) is 44.5 Å². The number of rotatable bonds is 2. The Bertz CT molecular complexity index is 457. The summed E-state index contributed by atoms with van der Waals surface area (Å²) < 4.78 is 24.8. The van der Waals surface area contributed by atoms with Crippen LogP contribution in [0.5, 0.6) is 5.75 Å². The predicted molar refractivity (Wildman–Crippen MR) is 66.0 cm³/mol. The fourth-order valence-corrected chi connectivity index (χ4v) is 3.06. The van der Waals surface area contributed by atoms with Crippen LogP contribution in [0.4, 0.5) is 4.39 Å². The Hall–Kier alpha value is -1.13. The minimum Gasteiger partial charge on any atom is -0.487 e. The summed E-state index contributed by atoms with van der Waals surface area (Å²) in [5, 5.41) is 0. The molecule has 4 heteroatoms. The molecule has 0 aromatic heterocycles. The number of hydrogen-bond acceptors (Lipinski definition) is 3. The molecule has 1 aliphatic heterocycles. The standard InChI is InChI=1S/C14H18FNO2/c1-2-17-10-6-14(7-10)8-12(16)11-4-3-9(15)5-13(11)18-14/h3-5,10,12H,2,6-8,16H2,1H3/t10?,12-,14?/m0/s1. The number of benzene rings is 1. The zero-order valence-corrected chi connectivity index (χ0v) is 10.5. The largest absolute Gasteiger partial charge is 0.487 e. The Kier molecular flexibility index (Phi) is 2.79. The van der Waals surface area contributed by atoms with Gasteiger partial charge in [0.05, 0.1) is 6.10 Å². The van der Waals surface area contributed by atoms with Crippen LogP contribution in [0.25, 0.3) is 0 Å². The van der Waals surface area contributed by atoms with E-state index in [-0.39, 0.29) is 23.6 Å². The van der Waals surface area contributed by atoms with Gasteiger partial charge in [-0.25, -0.2) is 4.39 Å². The fourth-order valence-electron chi connectivity index (χ4n) is 3.06. The smallest absolute Gasteiger partial charge is 0.127 e. The molecule has 1 spiro atoms. The Balaban J connectivity index is 1.80. The summed E-state index contributed by atoms with van der Waals surface area (Å²) in [6, 6.07) is 4.52. The highest BCUT2D eigenvalue weighted by Gasteiger charge is 2.50. The molecule has 1 aliphatic carbocycles. The lowest BCUT2D eigenvalue weighted by molar-refractivity contribution is -0.134. The Morgan fingerprint density at radius 3 is 2.94 bits per heavy atom. The lowest BCUT2D eigenvalue weighted by atomic mass is 9.71. The molecule has 0 radical (unpaired) electrons. The molecule has 1 heterocycles. The molecule has 0 amide bonds. The van der Waals surface area contributed by atoms with Crippen LogP contribution in [0.1, 0.15) is 37.8 Å². The number of nitrogens with two attached hydrogens (primary N) is 1. The van der Waals surface area contributed by atoms with Crippen molar-refractivity contribution in [1.82, 2.24) is 0 Å². The number of fused-ring (bicyclic) bond motifs is 1. The Labute approximate surface area is 106 Å². The molecule has 0 saturated heterocycles. The summed E-state index contributed by atoms with van der Waals surface area (Å²) >= 11 is 0. The zero-order chi connectivity index (χ0) is 12.8. The fraction of sp³-hybridized carbons (Fsp3) is 0.571. The van der Waals surface area contributed by atoms with Gasteiger partial charge in [0.25, 0.3) is 0 Å². The maximum atomic E-state index is 13.2. The van der Waals surface area contributed by atoms with Gasteiger partial charge in [0, 0.05) is 43.5 Å². The van der Waals surface area contributed by atoms with Crippen molar-refractivity contribution in [1.29, 1.82) is 0 Å². The van der Waals surface area contributed by atoms with E-state index in [9.17, 15) is 4.39 Å². The second kappa shape index (κ2) is 4.21. The maximum Gasteiger partial charge on any atom is 0.127 e. The quantitative estimate of drug-likeness (QED) is 0.878. The number of ether oxygens (including phenoxy) is 2. The molecule has 2 N–H and O–H groups in total. The second-order valence-electron chi connectivity index (χ2n) is 5.26. The van der Waals surface area contributed by atoms with Crippen molar-refractivity contribution < 1.29 is 13.9 Å². The molecule has 1 saturated carbocycles. The van der Waals surface area contributed by atoms with E-state index in [0.29, 0.717) is 5.75 Å². The van der Waals surface area contributed by atoms with Gasteiger partial charge in [-0.2, -0.15) is 0 Å². The van der Waals surface area contributed by atoms with E-state index >= 15 is 0 Å². The highest BCUT2D eigenvalue weighted by Crippen LogP contribution is 2.49. The third-order valence-corrected chi connectivity index (χ3v) is 3.90. The first-order valence-corrected chi connectivity index (χ1v) is 6.47. The van der Waals surface area contributed by atoms with Crippen molar-refractivity contribution in [2.45, 2.75) is 43.9 Å². The molecule has 98 valence electrons. The van der Waals surface area contributed by atoms with Crippen molar-refractivity contribution in [2.24, 2.45) is 5.73 Å². The lowest BCUT2D eigenvalue weighted by Crippen LogP contribution is -2.55. The van der Waals surface area contributed by atoms with Crippen LogP contribution in [-0.4, -0.2) is 18.3 Å². The zero-order valence-electron chi connectivity index (χ0n) is 10.5. The molecule has 1 aromatic rings. The van der Waals surface area contributed by atoms with E-state index in [1.807, 2.05) is 6.92 Å². The van der Waals surface area contributed by atoms with Gasteiger partial charge in [-0.3, -0.25) is 0 Å². The summed E-state index contributed by atoms with van der Waals surface area (Å²) in [6.45, 7) is 2.71. The average Bonchev–Trinajstić information content (AvgIpc) is 2.26. The lowest BCUT2D eigenvalue weighted by Gasteiger charge is -2.50. The second-order valence-corrected chi connectivity index (χ2v) is 5.26. The first-order chi connectivity index (χ1) is 8.62. The van der Waals surface area contributed by atoms with E-state index in [0.717, 1.165) is 31.4 Å². The minimum atomic E-state index is -0.279. The first kappa shape index (κ1) is 11.9. The molecule has 0 unspecified atom stereocenters. The summed E-state index contributed by atoms with van der Waals surface area (Å²) in [4.78, 5) is 0. The van der Waals surface area contributed by atoms with E-state index < -0.39 is 0 Å². The van der Waals surface area contributed by atoms with Gasteiger partial charge >= 0.3 is 0 Å².